The quantitative estimate of drug-likeness (QED) is 0.0809. The van der Waals surface area contributed by atoms with Crippen LogP contribution in [0.3, 0.4) is 0 Å². The number of halogens is 1. The van der Waals surface area contributed by atoms with E-state index in [0.717, 1.165) is 66.5 Å². The van der Waals surface area contributed by atoms with E-state index >= 15 is 0 Å². The summed E-state index contributed by atoms with van der Waals surface area (Å²) in [4.78, 5) is 52.4. The van der Waals surface area contributed by atoms with Gasteiger partial charge < -0.3 is 31.3 Å². The van der Waals surface area contributed by atoms with E-state index in [0.29, 0.717) is 41.4 Å². The Bertz CT molecular complexity index is 2600. The van der Waals surface area contributed by atoms with E-state index in [1.165, 1.54) is 16.9 Å². The molecule has 17 heteroatoms. The Morgan fingerprint density at radius 2 is 1.74 bits per heavy atom. The number of benzene rings is 3. The molecular weight excluding hydrogens is 858 g/mol. The number of aryl methyl sites for hydroxylation is 1. The van der Waals surface area contributed by atoms with Crippen LogP contribution >= 0.6 is 11.3 Å². The number of azo groups is 1. The summed E-state index contributed by atoms with van der Waals surface area (Å²) >= 11 is 1.54. The lowest BCUT2D eigenvalue weighted by Crippen LogP contribution is -2.58. The minimum absolute atomic E-state index is 0.0504. The molecule has 3 aliphatic rings. The van der Waals surface area contributed by atoms with Gasteiger partial charge in [0.2, 0.25) is 11.8 Å². The second kappa shape index (κ2) is 19.3. The zero-order valence-electron chi connectivity index (χ0n) is 38.1. The summed E-state index contributed by atoms with van der Waals surface area (Å²) in [6.07, 6.45) is 1.61. The molecule has 4 heterocycles. The molecule has 1 aliphatic carbocycles. The Morgan fingerprint density at radius 3 is 2.42 bits per heavy atom. The van der Waals surface area contributed by atoms with Crippen LogP contribution in [0.25, 0.3) is 21.7 Å². The summed E-state index contributed by atoms with van der Waals surface area (Å²) in [5.74, 6) is -0.909. The van der Waals surface area contributed by atoms with Gasteiger partial charge in [-0.3, -0.25) is 19.3 Å². The van der Waals surface area contributed by atoms with Crippen LogP contribution in [-0.4, -0.2) is 105 Å². The number of carbonyl (C=O) groups excluding carboxylic acids is 3. The van der Waals surface area contributed by atoms with Crippen molar-refractivity contribution in [2.24, 2.45) is 21.6 Å². The van der Waals surface area contributed by atoms with Crippen LogP contribution in [0, 0.1) is 18.3 Å². The SMILES string of the molecule is Cc1ncsc1-c1ccc(CNC(=O)[C@H]2C[C@H](C)CN2C(=O)[C@@H](NC(=O)C2(F)CC2)C(C)(C)C)c(N=Nc2ccc(CCN3CCN(c4cc(-c5ccccc5O)nnc4N)CC3)cc2)c1. The molecule has 3 atom stereocenters. The lowest BCUT2D eigenvalue weighted by Gasteiger charge is -2.36. The highest BCUT2D eigenvalue weighted by molar-refractivity contribution is 7.13. The Hall–Kier alpha value is -6.33. The van der Waals surface area contributed by atoms with Gasteiger partial charge in [0, 0.05) is 51.4 Å². The minimum Gasteiger partial charge on any atom is -0.507 e. The zero-order chi connectivity index (χ0) is 46.8. The third kappa shape index (κ3) is 10.5. The number of anilines is 2. The highest BCUT2D eigenvalue weighted by atomic mass is 32.1. The number of nitrogens with zero attached hydrogens (tertiary/aromatic N) is 8. The van der Waals surface area contributed by atoms with Crippen molar-refractivity contribution in [1.29, 1.82) is 0 Å². The van der Waals surface area contributed by atoms with Gasteiger partial charge in [0.1, 0.15) is 17.8 Å². The maximum Gasteiger partial charge on any atom is 0.258 e. The molecule has 0 unspecified atom stereocenters. The molecule has 15 nitrogen and oxygen atoms in total. The molecule has 0 radical (unpaired) electrons. The van der Waals surface area contributed by atoms with Crippen molar-refractivity contribution in [3.63, 3.8) is 0 Å². The summed E-state index contributed by atoms with van der Waals surface area (Å²) in [6.45, 7) is 14.1. The van der Waals surface area contributed by atoms with E-state index in [9.17, 15) is 23.9 Å². The third-order valence-electron chi connectivity index (χ3n) is 12.7. The molecule has 2 aliphatic heterocycles. The van der Waals surface area contributed by atoms with Crippen LogP contribution in [-0.2, 0) is 27.3 Å². The fourth-order valence-corrected chi connectivity index (χ4v) is 9.39. The normalized spacial score (nSPS) is 18.9. The van der Waals surface area contributed by atoms with E-state index in [1.54, 1.807) is 22.5 Å². The van der Waals surface area contributed by atoms with E-state index < -0.39 is 29.1 Å². The van der Waals surface area contributed by atoms with Crippen molar-refractivity contribution in [1.82, 2.24) is 35.6 Å². The summed E-state index contributed by atoms with van der Waals surface area (Å²) in [7, 11) is 0. The molecule has 8 rings (SSSR count). The molecule has 0 spiro atoms. The molecule has 1 saturated carbocycles. The molecule has 2 saturated heterocycles. The average Bonchev–Trinajstić information content (AvgIpc) is 3.71. The minimum atomic E-state index is -1.93. The zero-order valence-corrected chi connectivity index (χ0v) is 38.9. The number of para-hydroxylation sites is 1. The molecule has 3 amide bonds. The van der Waals surface area contributed by atoms with Gasteiger partial charge in [0.05, 0.1) is 38.8 Å². The Balaban J connectivity index is 0.897. The number of likely N-dealkylation sites (tertiary alicyclic amines) is 1. The lowest BCUT2D eigenvalue weighted by atomic mass is 9.85. The average molecular weight is 916 g/mol. The van der Waals surface area contributed by atoms with Gasteiger partial charge in [-0.05, 0) is 97.0 Å². The number of thiazole rings is 1. The number of hydrogen-bond donors (Lipinski definition) is 4. The second-order valence-corrected chi connectivity index (χ2v) is 19.7. The first-order valence-corrected chi connectivity index (χ1v) is 23.5. The molecule has 2 aromatic heterocycles. The van der Waals surface area contributed by atoms with Crippen LogP contribution in [0.4, 0.5) is 27.3 Å². The number of nitrogens with one attached hydrogen (secondary N) is 2. The molecule has 3 aromatic carbocycles. The molecule has 0 bridgehead atoms. The monoisotopic (exact) mass is 915 g/mol. The van der Waals surface area contributed by atoms with E-state index in [4.69, 9.17) is 10.8 Å². The van der Waals surface area contributed by atoms with Crippen LogP contribution in [0.15, 0.2) is 88.5 Å². The predicted octanol–water partition coefficient (Wildman–Crippen LogP) is 7.53. The fourth-order valence-electron chi connectivity index (χ4n) is 8.58. The van der Waals surface area contributed by atoms with Gasteiger partial charge in [-0.1, -0.05) is 64.1 Å². The number of amides is 3. The largest absolute Gasteiger partial charge is 0.507 e. The molecule has 346 valence electrons. The number of hydrogen-bond acceptors (Lipinski definition) is 13. The summed E-state index contributed by atoms with van der Waals surface area (Å²) in [5.41, 5.74) is 12.5. The molecule has 66 heavy (non-hydrogen) atoms. The number of alkyl halides is 1. The predicted molar refractivity (Wildman–Crippen MR) is 254 cm³/mol. The number of rotatable bonds is 14. The Kier molecular flexibility index (Phi) is 13.5. The van der Waals surface area contributed by atoms with Gasteiger partial charge in [0.15, 0.2) is 11.5 Å². The molecular formula is C49H58FN11O4S. The van der Waals surface area contributed by atoms with Gasteiger partial charge in [-0.15, -0.1) is 21.5 Å². The van der Waals surface area contributed by atoms with Crippen molar-refractivity contribution >= 4 is 51.9 Å². The number of piperazine rings is 1. The maximum atomic E-state index is 14.7. The number of aromatic hydroxyl groups is 1. The first-order valence-electron chi connectivity index (χ1n) is 22.6. The van der Waals surface area contributed by atoms with Gasteiger partial charge in [0.25, 0.3) is 5.91 Å². The van der Waals surface area contributed by atoms with Gasteiger partial charge in [-0.2, -0.15) is 10.2 Å². The third-order valence-corrected chi connectivity index (χ3v) is 13.7. The number of nitrogen functional groups attached to an aromatic ring is 1. The first kappa shape index (κ1) is 46.2. The highest BCUT2D eigenvalue weighted by Gasteiger charge is 2.53. The molecule has 5 aromatic rings. The van der Waals surface area contributed by atoms with Crippen LogP contribution in [0.1, 0.15) is 63.8 Å². The first-order chi connectivity index (χ1) is 31.6. The fraction of sp³-hybridized carbons (Fsp3) is 0.429. The topological polar surface area (TPSA) is 195 Å². The van der Waals surface area contributed by atoms with Crippen molar-refractivity contribution in [3.05, 3.63) is 95.1 Å². The second-order valence-electron chi connectivity index (χ2n) is 18.9. The summed E-state index contributed by atoms with van der Waals surface area (Å²) in [5, 5.41) is 33.8. The number of phenolic OH excluding ortho intramolecular Hbond substituents is 1. The number of nitrogens with two attached hydrogens (primary N) is 1. The Labute approximate surface area is 388 Å². The number of aromatic nitrogens is 3. The van der Waals surface area contributed by atoms with Crippen molar-refractivity contribution in [2.45, 2.75) is 84.6 Å². The summed E-state index contributed by atoms with van der Waals surface area (Å²) < 4.78 is 14.7. The van der Waals surface area contributed by atoms with Crippen molar-refractivity contribution in [3.8, 4) is 27.4 Å². The van der Waals surface area contributed by atoms with E-state index in [1.807, 2.05) is 83.1 Å². The number of phenols is 1. The van der Waals surface area contributed by atoms with Crippen molar-refractivity contribution in [2.75, 3.05) is 49.9 Å². The van der Waals surface area contributed by atoms with Crippen LogP contribution in [0.5, 0.6) is 5.75 Å². The highest BCUT2D eigenvalue weighted by Crippen LogP contribution is 2.41. The summed E-state index contributed by atoms with van der Waals surface area (Å²) in [6, 6.07) is 21.1. The molecule has 3 fully saturated rings. The Morgan fingerprint density at radius 1 is 1.00 bits per heavy atom. The molecule has 5 N–H and O–H groups in total. The standard InChI is InChI=1S/C49H58FN11O4S/c1-30-24-40(61(28-30)46(64)43(48(3,4)5)54-47(65)49(50)17-18-49)45(63)52-27-34-13-12-33(42-31(2)53-29-66-42)25-37(34)56-55-35-14-10-32(11-15-35)16-19-59-20-22-60(23-21-59)39-26-38(57-58-44(39)51)36-8-6-7-9-41(36)62/h6-15,25-26,29-30,40,43,62H,16-24,27-28H2,1-5H3,(H2,51,58)(H,52,63)(H,54,65)/t30-,40+,43+/m0/s1. The lowest BCUT2D eigenvalue weighted by molar-refractivity contribution is -0.144. The van der Waals surface area contributed by atoms with Crippen LogP contribution in [0.2, 0.25) is 0 Å². The van der Waals surface area contributed by atoms with E-state index in [-0.39, 0.29) is 42.9 Å². The van der Waals surface area contributed by atoms with Crippen molar-refractivity contribution < 1.29 is 23.9 Å². The maximum absolute atomic E-state index is 14.7. The number of carbonyl (C=O) groups is 3. The van der Waals surface area contributed by atoms with Gasteiger partial charge >= 0.3 is 0 Å². The van der Waals surface area contributed by atoms with Crippen LogP contribution < -0.4 is 21.3 Å². The van der Waals surface area contributed by atoms with Gasteiger partial charge in [-0.25, -0.2) is 9.37 Å². The van der Waals surface area contributed by atoms with E-state index in [2.05, 4.69) is 52.9 Å². The smallest absolute Gasteiger partial charge is 0.258 e.